The van der Waals surface area contributed by atoms with Crippen LogP contribution in [0.25, 0.3) is 10.9 Å². The van der Waals surface area contributed by atoms with Crippen molar-refractivity contribution in [2.75, 3.05) is 0 Å². The van der Waals surface area contributed by atoms with Crippen LogP contribution < -0.4 is 5.32 Å². The number of fused-ring (bicyclic) bond motifs is 1. The van der Waals surface area contributed by atoms with E-state index >= 15 is 0 Å². The Labute approximate surface area is 129 Å². The Bertz CT molecular complexity index is 712. The normalized spacial score (nSPS) is 13.8. The van der Waals surface area contributed by atoms with Crippen LogP contribution in [0.2, 0.25) is 0 Å². The smallest absolute Gasteiger partial charge is 0.305 e. The van der Waals surface area contributed by atoms with Gasteiger partial charge in [0.05, 0.1) is 17.5 Å². The summed E-state index contributed by atoms with van der Waals surface area (Å²) in [5, 5.41) is 12.8. The van der Waals surface area contributed by atoms with E-state index in [1.54, 1.807) is 31.3 Å². The van der Waals surface area contributed by atoms with Crippen molar-refractivity contribution < 1.29 is 14.7 Å². The van der Waals surface area contributed by atoms with E-state index in [1.165, 1.54) is 0 Å². The molecule has 5 heteroatoms. The van der Waals surface area contributed by atoms with Gasteiger partial charge in [-0.2, -0.15) is 0 Å². The molecule has 5 nitrogen and oxygen atoms in total. The highest BCUT2D eigenvalue weighted by atomic mass is 16.4. The molecule has 1 aromatic heterocycles. The Hall–Kier alpha value is -2.43. The van der Waals surface area contributed by atoms with Crippen LogP contribution in [0, 0.1) is 5.92 Å². The number of carboxylic acids is 1. The first-order valence-corrected chi connectivity index (χ1v) is 7.21. The van der Waals surface area contributed by atoms with Gasteiger partial charge in [-0.3, -0.25) is 14.6 Å². The highest BCUT2D eigenvalue weighted by molar-refractivity contribution is 5.98. The van der Waals surface area contributed by atoms with Gasteiger partial charge in [0, 0.05) is 17.1 Å². The topological polar surface area (TPSA) is 79.3 Å². The van der Waals surface area contributed by atoms with Gasteiger partial charge >= 0.3 is 5.97 Å². The second-order valence-corrected chi connectivity index (χ2v) is 6.01. The molecule has 1 aromatic carbocycles. The molecule has 22 heavy (non-hydrogen) atoms. The van der Waals surface area contributed by atoms with Crippen LogP contribution in [0.4, 0.5) is 0 Å². The van der Waals surface area contributed by atoms with Gasteiger partial charge in [0.2, 0.25) is 0 Å². The zero-order chi connectivity index (χ0) is 16.3. The monoisotopic (exact) mass is 300 g/mol. The average molecular weight is 300 g/mol. The fourth-order valence-corrected chi connectivity index (χ4v) is 2.26. The molecular weight excluding hydrogens is 280 g/mol. The van der Waals surface area contributed by atoms with Crippen LogP contribution in [0.1, 0.15) is 37.6 Å². The number of carbonyl (C=O) groups is 2. The highest BCUT2D eigenvalue weighted by Gasteiger charge is 2.33. The van der Waals surface area contributed by atoms with Gasteiger partial charge in [-0.15, -0.1) is 0 Å². The maximum atomic E-state index is 12.5. The Balaban J connectivity index is 2.27. The number of hydrogen-bond acceptors (Lipinski definition) is 3. The lowest BCUT2D eigenvalue weighted by molar-refractivity contribution is -0.138. The number of nitrogens with one attached hydrogen (secondary N) is 1. The van der Waals surface area contributed by atoms with Gasteiger partial charge in [0.15, 0.2) is 0 Å². The third-order valence-corrected chi connectivity index (χ3v) is 4.06. The molecule has 2 aromatic rings. The molecule has 0 saturated heterocycles. The number of benzene rings is 1. The molecule has 0 radical (unpaired) electrons. The molecule has 1 heterocycles. The van der Waals surface area contributed by atoms with Gasteiger partial charge in [-0.1, -0.05) is 19.9 Å². The summed E-state index contributed by atoms with van der Waals surface area (Å²) in [5.74, 6) is -1.21. The number of amides is 1. The van der Waals surface area contributed by atoms with E-state index in [4.69, 9.17) is 5.11 Å². The summed E-state index contributed by atoms with van der Waals surface area (Å²) >= 11 is 0. The van der Waals surface area contributed by atoms with Crippen LogP contribution in [0.3, 0.4) is 0 Å². The second kappa shape index (κ2) is 6.13. The molecule has 0 bridgehead atoms. The minimum absolute atomic E-state index is 0.00493. The molecule has 1 amide bonds. The molecule has 2 rings (SSSR count). The van der Waals surface area contributed by atoms with Gasteiger partial charge < -0.3 is 10.4 Å². The number of pyridine rings is 1. The van der Waals surface area contributed by atoms with E-state index in [1.807, 2.05) is 26.0 Å². The SMILES string of the molecule is CC(C)C(C)(CC(=O)O)NC(=O)c1ccc2ncccc2c1. The molecule has 1 unspecified atom stereocenters. The van der Waals surface area contributed by atoms with Gasteiger partial charge in [0.25, 0.3) is 5.91 Å². The Kier molecular flexibility index (Phi) is 4.45. The molecule has 0 saturated carbocycles. The maximum Gasteiger partial charge on any atom is 0.305 e. The van der Waals surface area contributed by atoms with Crippen LogP contribution >= 0.6 is 0 Å². The van der Waals surface area contributed by atoms with Crippen LogP contribution in [-0.4, -0.2) is 27.5 Å². The lowest BCUT2D eigenvalue weighted by Crippen LogP contribution is -2.51. The minimum Gasteiger partial charge on any atom is -0.481 e. The molecule has 2 N–H and O–H groups in total. The number of rotatable bonds is 5. The summed E-state index contributed by atoms with van der Waals surface area (Å²) in [7, 11) is 0. The molecule has 0 aliphatic carbocycles. The van der Waals surface area contributed by atoms with Crippen molar-refractivity contribution in [2.45, 2.75) is 32.7 Å². The van der Waals surface area contributed by atoms with E-state index in [2.05, 4.69) is 10.3 Å². The van der Waals surface area contributed by atoms with E-state index in [9.17, 15) is 9.59 Å². The highest BCUT2D eigenvalue weighted by Crippen LogP contribution is 2.22. The predicted molar refractivity (Wildman–Crippen MR) is 84.7 cm³/mol. The summed E-state index contributed by atoms with van der Waals surface area (Å²) in [4.78, 5) is 27.7. The third-order valence-electron chi connectivity index (χ3n) is 4.06. The zero-order valence-corrected chi connectivity index (χ0v) is 13.0. The first kappa shape index (κ1) is 15.9. The largest absolute Gasteiger partial charge is 0.481 e. The fraction of sp³-hybridized carbons (Fsp3) is 0.353. The summed E-state index contributed by atoms with van der Waals surface area (Å²) < 4.78 is 0. The molecule has 0 aliphatic rings. The van der Waals surface area contributed by atoms with E-state index < -0.39 is 11.5 Å². The Morgan fingerprint density at radius 1 is 1.32 bits per heavy atom. The second-order valence-electron chi connectivity index (χ2n) is 6.01. The summed E-state index contributed by atoms with van der Waals surface area (Å²) in [6.45, 7) is 5.55. The van der Waals surface area contributed by atoms with Crippen molar-refractivity contribution in [1.29, 1.82) is 0 Å². The average Bonchev–Trinajstić information content (AvgIpc) is 2.45. The lowest BCUT2D eigenvalue weighted by Gasteiger charge is -2.33. The number of aliphatic carboxylic acids is 1. The van der Waals surface area contributed by atoms with Crippen molar-refractivity contribution in [2.24, 2.45) is 5.92 Å². The van der Waals surface area contributed by atoms with Crippen LogP contribution in [0.5, 0.6) is 0 Å². The van der Waals surface area contributed by atoms with Crippen LogP contribution in [-0.2, 0) is 4.79 Å². The van der Waals surface area contributed by atoms with Crippen molar-refractivity contribution in [3.8, 4) is 0 Å². The molecule has 0 aliphatic heterocycles. The number of aromatic nitrogens is 1. The van der Waals surface area contributed by atoms with E-state index in [-0.39, 0.29) is 18.2 Å². The molecule has 0 spiro atoms. The minimum atomic E-state index is -0.931. The first-order chi connectivity index (χ1) is 10.3. The van der Waals surface area contributed by atoms with Gasteiger partial charge in [0.1, 0.15) is 0 Å². The van der Waals surface area contributed by atoms with Crippen molar-refractivity contribution in [3.05, 3.63) is 42.1 Å². The number of hydrogen-bond donors (Lipinski definition) is 2. The number of nitrogens with zero attached hydrogens (tertiary/aromatic N) is 1. The van der Waals surface area contributed by atoms with Crippen molar-refractivity contribution in [1.82, 2.24) is 10.3 Å². The van der Waals surface area contributed by atoms with E-state index in [0.29, 0.717) is 5.56 Å². The molecule has 0 fully saturated rings. The Morgan fingerprint density at radius 3 is 2.68 bits per heavy atom. The Morgan fingerprint density at radius 2 is 2.05 bits per heavy atom. The quantitative estimate of drug-likeness (QED) is 0.890. The molecular formula is C17H20N2O3. The lowest BCUT2D eigenvalue weighted by atomic mass is 9.85. The van der Waals surface area contributed by atoms with E-state index in [0.717, 1.165) is 10.9 Å². The summed E-state index contributed by atoms with van der Waals surface area (Å²) in [5.41, 5.74) is 0.515. The predicted octanol–water partition coefficient (Wildman–Crippen LogP) is 2.85. The fourth-order valence-electron chi connectivity index (χ4n) is 2.26. The summed E-state index contributed by atoms with van der Waals surface area (Å²) in [6.07, 6.45) is 1.58. The maximum absolute atomic E-state index is 12.5. The van der Waals surface area contributed by atoms with Crippen molar-refractivity contribution in [3.63, 3.8) is 0 Å². The molecule has 116 valence electrons. The first-order valence-electron chi connectivity index (χ1n) is 7.21. The van der Waals surface area contributed by atoms with Crippen LogP contribution in [0.15, 0.2) is 36.5 Å². The van der Waals surface area contributed by atoms with Crippen molar-refractivity contribution >= 4 is 22.8 Å². The van der Waals surface area contributed by atoms with Gasteiger partial charge in [-0.25, -0.2) is 0 Å². The summed E-state index contributed by atoms with van der Waals surface area (Å²) in [6, 6.07) is 8.95. The number of carbonyl (C=O) groups excluding carboxylic acids is 1. The standard InChI is InChI=1S/C17H20N2O3/c1-11(2)17(3,10-15(20)21)19-16(22)13-6-7-14-12(9-13)5-4-8-18-14/h4-9,11H,10H2,1-3H3,(H,19,22)(H,20,21). The molecule has 1 atom stereocenters. The number of carboxylic acid groups (broad SMARTS) is 1. The third kappa shape index (κ3) is 3.42. The van der Waals surface area contributed by atoms with Gasteiger partial charge in [-0.05, 0) is 37.1 Å². The zero-order valence-electron chi connectivity index (χ0n) is 13.0.